The molecule has 1 aliphatic heterocycles. The Morgan fingerprint density at radius 3 is 2.57 bits per heavy atom. The summed E-state index contributed by atoms with van der Waals surface area (Å²) in [7, 11) is -7.28. The Bertz CT molecular complexity index is 790. The molecule has 0 aromatic heterocycles. The molecule has 1 aromatic carbocycles. The van der Waals surface area contributed by atoms with Crippen molar-refractivity contribution in [3.8, 4) is 0 Å². The van der Waals surface area contributed by atoms with Crippen molar-refractivity contribution in [2.24, 2.45) is 0 Å². The van der Waals surface area contributed by atoms with Crippen molar-refractivity contribution in [3.63, 3.8) is 0 Å². The van der Waals surface area contributed by atoms with E-state index in [9.17, 15) is 21.2 Å². The van der Waals surface area contributed by atoms with Crippen molar-refractivity contribution in [3.05, 3.63) is 29.6 Å². The normalized spacial score (nSPS) is 25.4. The Kier molecular flexibility index (Phi) is 5.18. The van der Waals surface area contributed by atoms with Crippen LogP contribution in [0.5, 0.6) is 0 Å². The van der Waals surface area contributed by atoms with Gasteiger partial charge in [-0.05, 0) is 44.0 Å². The van der Waals surface area contributed by atoms with Gasteiger partial charge in [0.05, 0.1) is 21.7 Å². The maximum absolute atomic E-state index is 13.4. The zero-order valence-corrected chi connectivity index (χ0v) is 15.0. The van der Waals surface area contributed by atoms with Crippen LogP contribution in [0.2, 0.25) is 0 Å². The number of nitrogens with one attached hydrogen (secondary N) is 1. The summed E-state index contributed by atoms with van der Waals surface area (Å²) >= 11 is 0. The number of rotatable bonds is 5. The molecule has 3 atom stereocenters. The van der Waals surface area contributed by atoms with Crippen molar-refractivity contribution in [2.45, 2.75) is 49.4 Å². The molecular formula is C15H22FNO4S2. The second-order valence-electron chi connectivity index (χ2n) is 6.15. The molecule has 2 rings (SSSR count). The highest BCUT2D eigenvalue weighted by molar-refractivity contribution is 7.96. The van der Waals surface area contributed by atoms with E-state index in [2.05, 4.69) is 5.32 Å². The highest BCUT2D eigenvalue weighted by Crippen LogP contribution is 2.27. The number of sulfone groups is 2. The second-order valence-corrected chi connectivity index (χ2v) is 10.5. The third-order valence-electron chi connectivity index (χ3n) is 4.27. The van der Waals surface area contributed by atoms with Crippen molar-refractivity contribution in [1.82, 2.24) is 5.32 Å². The van der Waals surface area contributed by atoms with Crippen LogP contribution in [-0.4, -0.2) is 45.7 Å². The van der Waals surface area contributed by atoms with E-state index in [1.807, 2.05) is 13.8 Å². The number of hydrogen-bond donors (Lipinski definition) is 1. The third kappa shape index (κ3) is 3.92. The highest BCUT2D eigenvalue weighted by Gasteiger charge is 2.46. The first-order valence-corrected chi connectivity index (χ1v) is 10.9. The number of halogens is 1. The van der Waals surface area contributed by atoms with E-state index in [0.29, 0.717) is 0 Å². The first kappa shape index (κ1) is 18.4. The smallest absolute Gasteiger partial charge is 0.183 e. The Labute approximate surface area is 137 Å². The van der Waals surface area contributed by atoms with Crippen LogP contribution in [-0.2, 0) is 19.7 Å². The molecule has 1 unspecified atom stereocenters. The molecule has 0 amide bonds. The van der Waals surface area contributed by atoms with Crippen LogP contribution in [0.25, 0.3) is 0 Å². The maximum Gasteiger partial charge on any atom is 0.183 e. The zero-order valence-electron chi connectivity index (χ0n) is 13.4. The fourth-order valence-electron chi connectivity index (χ4n) is 2.73. The van der Waals surface area contributed by atoms with E-state index in [0.717, 1.165) is 12.5 Å². The van der Waals surface area contributed by atoms with Gasteiger partial charge in [-0.2, -0.15) is 0 Å². The summed E-state index contributed by atoms with van der Waals surface area (Å²) in [6.07, 6.45) is 0.763. The highest BCUT2D eigenvalue weighted by atomic mass is 32.2. The van der Waals surface area contributed by atoms with E-state index < -0.39 is 42.5 Å². The van der Waals surface area contributed by atoms with E-state index in [4.69, 9.17) is 0 Å². The van der Waals surface area contributed by atoms with Crippen LogP contribution in [0.3, 0.4) is 0 Å². The minimum atomic E-state index is -3.86. The first-order chi connectivity index (χ1) is 10.6. The molecule has 1 aromatic rings. The molecule has 1 aliphatic rings. The van der Waals surface area contributed by atoms with Gasteiger partial charge in [0.15, 0.2) is 19.7 Å². The molecular weight excluding hydrogens is 341 g/mol. The van der Waals surface area contributed by atoms with Crippen molar-refractivity contribution in [1.29, 1.82) is 0 Å². The van der Waals surface area contributed by atoms with Gasteiger partial charge in [0.1, 0.15) is 5.82 Å². The fraction of sp³-hybridized carbons (Fsp3) is 0.600. The van der Waals surface area contributed by atoms with Crippen molar-refractivity contribution >= 4 is 19.7 Å². The van der Waals surface area contributed by atoms with E-state index >= 15 is 0 Å². The van der Waals surface area contributed by atoms with E-state index in [1.165, 1.54) is 19.1 Å². The number of aryl methyl sites for hydroxylation is 1. The number of benzene rings is 1. The van der Waals surface area contributed by atoms with Gasteiger partial charge in [-0.25, -0.2) is 21.2 Å². The molecule has 5 nitrogen and oxygen atoms in total. The van der Waals surface area contributed by atoms with Crippen molar-refractivity contribution < 1.29 is 21.2 Å². The van der Waals surface area contributed by atoms with Gasteiger partial charge in [-0.3, -0.25) is 0 Å². The predicted molar refractivity (Wildman–Crippen MR) is 87.4 cm³/mol. The van der Waals surface area contributed by atoms with Crippen LogP contribution in [0, 0.1) is 12.7 Å². The molecule has 8 heteroatoms. The molecule has 0 radical (unpaired) electrons. The summed E-state index contributed by atoms with van der Waals surface area (Å²) in [6.45, 7) is 5.30. The van der Waals surface area contributed by atoms with Gasteiger partial charge in [-0.15, -0.1) is 0 Å². The van der Waals surface area contributed by atoms with Gasteiger partial charge in [0.25, 0.3) is 0 Å². The minimum absolute atomic E-state index is 0.0148. The largest absolute Gasteiger partial charge is 0.309 e. The molecule has 130 valence electrons. The predicted octanol–water partition coefficient (Wildman–Crippen LogP) is 1.46. The first-order valence-electron chi connectivity index (χ1n) is 7.53. The molecule has 1 fully saturated rings. The summed E-state index contributed by atoms with van der Waals surface area (Å²) in [5.41, 5.74) is 0.221. The summed E-state index contributed by atoms with van der Waals surface area (Å²) in [5, 5.41) is 2.05. The van der Waals surface area contributed by atoms with Gasteiger partial charge >= 0.3 is 0 Å². The minimum Gasteiger partial charge on any atom is -0.309 e. The van der Waals surface area contributed by atoms with Crippen LogP contribution in [0.1, 0.15) is 25.8 Å². The van der Waals surface area contributed by atoms with E-state index in [-0.39, 0.29) is 22.3 Å². The molecule has 1 N–H and O–H groups in total. The summed E-state index contributed by atoms with van der Waals surface area (Å²) in [4.78, 5) is -0.0329. The average molecular weight is 363 g/mol. The zero-order chi connectivity index (χ0) is 17.4. The molecule has 1 saturated heterocycles. The number of hydrogen-bond acceptors (Lipinski definition) is 5. The summed E-state index contributed by atoms with van der Waals surface area (Å²) < 4.78 is 63.0. The standard InChI is InChI=1S/C15H22FNO4S2/c1-4-11(3)17-14-8-22(18,19)9-15(14)23(20,21)12-5-6-13(16)10(2)7-12/h5-7,11,14-15,17H,4,8-9H2,1-3H3/t11?,14-,15-/m1/s1. The summed E-state index contributed by atoms with van der Waals surface area (Å²) in [6, 6.07) is 2.92. The van der Waals surface area contributed by atoms with Gasteiger partial charge in [-0.1, -0.05) is 6.92 Å². The molecule has 0 spiro atoms. The molecule has 0 saturated carbocycles. The fourth-order valence-corrected chi connectivity index (χ4v) is 7.49. The Balaban J connectivity index is 2.40. The Morgan fingerprint density at radius 1 is 1.35 bits per heavy atom. The lowest BCUT2D eigenvalue weighted by atomic mass is 10.2. The lowest BCUT2D eigenvalue weighted by Crippen LogP contribution is -2.46. The molecule has 23 heavy (non-hydrogen) atoms. The maximum atomic E-state index is 13.4. The Morgan fingerprint density at radius 2 is 2.00 bits per heavy atom. The molecule has 1 heterocycles. The van der Waals surface area contributed by atoms with Gasteiger partial charge in [0, 0.05) is 12.1 Å². The van der Waals surface area contributed by atoms with Crippen LogP contribution in [0.4, 0.5) is 4.39 Å². The van der Waals surface area contributed by atoms with Crippen LogP contribution in [0.15, 0.2) is 23.1 Å². The quantitative estimate of drug-likeness (QED) is 0.801. The Hall–Kier alpha value is -0.990. The van der Waals surface area contributed by atoms with Crippen LogP contribution >= 0.6 is 0 Å². The third-order valence-corrected chi connectivity index (χ3v) is 8.42. The van der Waals surface area contributed by atoms with Crippen LogP contribution < -0.4 is 5.32 Å². The topological polar surface area (TPSA) is 80.3 Å². The lowest BCUT2D eigenvalue weighted by Gasteiger charge is -2.23. The van der Waals surface area contributed by atoms with Gasteiger partial charge < -0.3 is 5.32 Å². The molecule has 0 bridgehead atoms. The van der Waals surface area contributed by atoms with Gasteiger partial charge in [0.2, 0.25) is 0 Å². The second kappa shape index (κ2) is 6.49. The monoisotopic (exact) mass is 363 g/mol. The SMILES string of the molecule is CCC(C)N[C@@H]1CS(=O)(=O)C[C@H]1S(=O)(=O)c1ccc(F)c(C)c1. The average Bonchev–Trinajstić information content (AvgIpc) is 2.77. The lowest BCUT2D eigenvalue weighted by molar-refractivity contribution is 0.456. The molecule has 0 aliphatic carbocycles. The van der Waals surface area contributed by atoms with E-state index in [1.54, 1.807) is 0 Å². The summed E-state index contributed by atoms with van der Waals surface area (Å²) in [5.74, 6) is -1.08. The van der Waals surface area contributed by atoms with Crippen molar-refractivity contribution in [2.75, 3.05) is 11.5 Å².